The molecule has 3 aromatic carbocycles. The van der Waals surface area contributed by atoms with Crippen molar-refractivity contribution in [1.82, 2.24) is 10.2 Å². The summed E-state index contributed by atoms with van der Waals surface area (Å²) in [6.07, 6.45) is -2.74. The van der Waals surface area contributed by atoms with Gasteiger partial charge in [0.2, 0.25) is 11.8 Å². The van der Waals surface area contributed by atoms with Crippen molar-refractivity contribution in [1.29, 1.82) is 0 Å². The fourth-order valence-electron chi connectivity index (χ4n) is 6.25. The molecule has 47 heavy (non-hydrogen) atoms. The van der Waals surface area contributed by atoms with E-state index in [0.29, 0.717) is 37.7 Å². The first-order chi connectivity index (χ1) is 22.4. The number of hydrogen-bond acceptors (Lipinski definition) is 4. The summed E-state index contributed by atoms with van der Waals surface area (Å²) in [5.74, 6) is -5.39. The highest BCUT2D eigenvalue weighted by atomic mass is 19.4. The Balaban J connectivity index is 1.63. The molecule has 2 amide bonds. The summed E-state index contributed by atoms with van der Waals surface area (Å²) in [5, 5.41) is 22.0. The van der Waals surface area contributed by atoms with Crippen molar-refractivity contribution in [2.24, 2.45) is 11.8 Å². The first-order valence-electron chi connectivity index (χ1n) is 15.7. The number of carbonyl (C=O) groups is 4. The van der Waals surface area contributed by atoms with Crippen LogP contribution < -0.4 is 5.32 Å². The second-order valence-corrected chi connectivity index (χ2v) is 11.9. The molecule has 1 saturated carbocycles. The SMILES string of the molecule is O=C(O)CCN(CCC(c1ccccc1)c1ccccc1)C(=O)[C@H](Cc1ccc(C(F)(F)F)cc1)NC(=O)[C@@H]1CCCC[C@H]1C(=O)O. The first kappa shape index (κ1) is 35.2. The van der Waals surface area contributed by atoms with Gasteiger partial charge in [0.15, 0.2) is 0 Å². The van der Waals surface area contributed by atoms with Crippen LogP contribution in [0.4, 0.5) is 13.2 Å². The average Bonchev–Trinajstić information content (AvgIpc) is 3.06. The third kappa shape index (κ3) is 9.91. The topological polar surface area (TPSA) is 124 Å². The highest BCUT2D eigenvalue weighted by molar-refractivity contribution is 5.91. The van der Waals surface area contributed by atoms with Crippen LogP contribution in [0, 0.1) is 11.8 Å². The van der Waals surface area contributed by atoms with Gasteiger partial charge in [-0.3, -0.25) is 19.2 Å². The number of hydrogen-bond donors (Lipinski definition) is 3. The predicted molar refractivity (Wildman–Crippen MR) is 168 cm³/mol. The number of carboxylic acid groups (broad SMARTS) is 2. The summed E-state index contributed by atoms with van der Waals surface area (Å²) in [5.41, 5.74) is 1.47. The first-order valence-corrected chi connectivity index (χ1v) is 15.7. The van der Waals surface area contributed by atoms with Crippen molar-refractivity contribution in [2.75, 3.05) is 13.1 Å². The highest BCUT2D eigenvalue weighted by Gasteiger charge is 2.38. The molecule has 0 bridgehead atoms. The van der Waals surface area contributed by atoms with E-state index in [1.165, 1.54) is 17.0 Å². The minimum atomic E-state index is -4.56. The third-order valence-electron chi connectivity index (χ3n) is 8.75. The van der Waals surface area contributed by atoms with Gasteiger partial charge in [-0.1, -0.05) is 85.6 Å². The number of amides is 2. The van der Waals surface area contributed by atoms with E-state index in [1.54, 1.807) is 0 Å². The number of alkyl halides is 3. The summed E-state index contributed by atoms with van der Waals surface area (Å²) in [4.78, 5) is 52.7. The van der Waals surface area contributed by atoms with E-state index < -0.39 is 53.4 Å². The van der Waals surface area contributed by atoms with E-state index in [-0.39, 0.29) is 31.8 Å². The van der Waals surface area contributed by atoms with Crippen molar-refractivity contribution < 1.29 is 42.6 Å². The van der Waals surface area contributed by atoms with E-state index in [0.717, 1.165) is 23.3 Å². The van der Waals surface area contributed by atoms with Crippen LogP contribution in [0.1, 0.15) is 66.7 Å². The lowest BCUT2D eigenvalue weighted by Gasteiger charge is -2.32. The third-order valence-corrected chi connectivity index (χ3v) is 8.75. The Kier molecular flexibility index (Phi) is 12.2. The zero-order valence-electron chi connectivity index (χ0n) is 25.9. The maximum Gasteiger partial charge on any atom is 0.416 e. The summed E-state index contributed by atoms with van der Waals surface area (Å²) < 4.78 is 39.7. The zero-order chi connectivity index (χ0) is 34.0. The molecular formula is C36H39F3N2O6. The van der Waals surface area contributed by atoms with Gasteiger partial charge in [0, 0.05) is 25.4 Å². The van der Waals surface area contributed by atoms with Crippen molar-refractivity contribution in [2.45, 2.75) is 63.1 Å². The standard InChI is InChI=1S/C36H39F3N2O6/c37-36(38,39)27-17-15-24(16-18-27)23-31(40-33(44)29-13-7-8-14-30(29)35(46)47)34(45)41(22-20-32(42)43)21-19-28(25-9-3-1-4-10-25)26-11-5-2-6-12-26/h1-6,9-12,15-18,28-31H,7-8,13-14,19-23H2,(H,40,44)(H,42,43)(H,46,47)/t29-,30-,31+/m1/s1. The molecule has 1 aliphatic carbocycles. The van der Waals surface area contributed by atoms with Crippen LogP contribution in [-0.4, -0.2) is 58.0 Å². The number of nitrogens with one attached hydrogen (secondary N) is 1. The largest absolute Gasteiger partial charge is 0.481 e. The molecule has 0 radical (unpaired) electrons. The van der Waals surface area contributed by atoms with Crippen LogP contribution in [0.3, 0.4) is 0 Å². The summed E-state index contributed by atoms with van der Waals surface area (Å²) in [6.45, 7) is -0.0356. The minimum absolute atomic E-state index is 0.126. The van der Waals surface area contributed by atoms with Gasteiger partial charge in [0.05, 0.1) is 23.8 Å². The van der Waals surface area contributed by atoms with Crippen molar-refractivity contribution in [3.63, 3.8) is 0 Å². The molecule has 1 fully saturated rings. The molecule has 0 aliphatic heterocycles. The van der Waals surface area contributed by atoms with E-state index in [9.17, 15) is 42.6 Å². The Hall–Kier alpha value is -4.67. The van der Waals surface area contributed by atoms with Gasteiger partial charge in [-0.2, -0.15) is 13.2 Å². The number of benzene rings is 3. The van der Waals surface area contributed by atoms with Gasteiger partial charge in [0.25, 0.3) is 0 Å². The van der Waals surface area contributed by atoms with Gasteiger partial charge in [0.1, 0.15) is 6.04 Å². The number of carboxylic acids is 2. The van der Waals surface area contributed by atoms with Gasteiger partial charge in [-0.25, -0.2) is 0 Å². The van der Waals surface area contributed by atoms with E-state index in [1.807, 2.05) is 60.7 Å². The Morgan fingerprint density at radius 2 is 1.34 bits per heavy atom. The van der Waals surface area contributed by atoms with Gasteiger partial charge < -0.3 is 20.4 Å². The fraction of sp³-hybridized carbons (Fsp3) is 0.389. The Labute approximate surface area is 271 Å². The highest BCUT2D eigenvalue weighted by Crippen LogP contribution is 2.32. The van der Waals surface area contributed by atoms with E-state index in [4.69, 9.17) is 0 Å². The van der Waals surface area contributed by atoms with Crippen molar-refractivity contribution in [3.8, 4) is 0 Å². The predicted octanol–water partition coefficient (Wildman–Crippen LogP) is 6.15. The zero-order valence-corrected chi connectivity index (χ0v) is 25.9. The molecule has 0 heterocycles. The molecule has 8 nitrogen and oxygen atoms in total. The molecule has 1 aliphatic rings. The van der Waals surface area contributed by atoms with Crippen LogP contribution in [0.25, 0.3) is 0 Å². The second-order valence-electron chi connectivity index (χ2n) is 11.9. The van der Waals surface area contributed by atoms with Crippen molar-refractivity contribution >= 4 is 23.8 Å². The number of aliphatic carboxylic acids is 2. The summed E-state index contributed by atoms with van der Waals surface area (Å²) >= 11 is 0. The fourth-order valence-corrected chi connectivity index (χ4v) is 6.25. The Morgan fingerprint density at radius 1 is 0.787 bits per heavy atom. The number of halogens is 3. The maximum atomic E-state index is 14.2. The average molecular weight is 653 g/mol. The Morgan fingerprint density at radius 3 is 1.85 bits per heavy atom. The smallest absolute Gasteiger partial charge is 0.416 e. The molecular weight excluding hydrogens is 613 g/mol. The molecule has 0 unspecified atom stereocenters. The van der Waals surface area contributed by atoms with Crippen LogP contribution in [-0.2, 0) is 31.8 Å². The lowest BCUT2D eigenvalue weighted by Crippen LogP contribution is -2.53. The minimum Gasteiger partial charge on any atom is -0.481 e. The second kappa shape index (κ2) is 16.2. The molecule has 0 aromatic heterocycles. The number of rotatable bonds is 14. The number of carbonyl (C=O) groups excluding carboxylic acids is 2. The summed E-state index contributed by atoms with van der Waals surface area (Å²) in [6, 6.07) is 22.3. The molecule has 0 spiro atoms. The van der Waals surface area contributed by atoms with Crippen molar-refractivity contribution in [3.05, 3.63) is 107 Å². The molecule has 3 atom stereocenters. The normalized spacial score (nSPS) is 17.1. The Bertz CT molecular complexity index is 1460. The van der Waals surface area contributed by atoms with Gasteiger partial charge >= 0.3 is 18.1 Å². The lowest BCUT2D eigenvalue weighted by molar-refractivity contribution is -0.149. The molecule has 250 valence electrons. The van der Waals surface area contributed by atoms with Gasteiger partial charge in [-0.05, 0) is 48.1 Å². The van der Waals surface area contributed by atoms with Crippen LogP contribution in [0.5, 0.6) is 0 Å². The van der Waals surface area contributed by atoms with Crippen LogP contribution in [0.15, 0.2) is 84.9 Å². The van der Waals surface area contributed by atoms with Gasteiger partial charge in [-0.15, -0.1) is 0 Å². The molecule has 3 N–H and O–H groups in total. The summed E-state index contributed by atoms with van der Waals surface area (Å²) in [7, 11) is 0. The van der Waals surface area contributed by atoms with Crippen LogP contribution in [0.2, 0.25) is 0 Å². The number of nitrogens with zero attached hydrogens (tertiary/aromatic N) is 1. The molecule has 0 saturated heterocycles. The molecule has 4 rings (SSSR count). The molecule has 11 heteroatoms. The van der Waals surface area contributed by atoms with E-state index >= 15 is 0 Å². The monoisotopic (exact) mass is 652 g/mol. The lowest BCUT2D eigenvalue weighted by atomic mass is 9.78. The molecule has 3 aromatic rings. The van der Waals surface area contributed by atoms with E-state index in [2.05, 4.69) is 5.32 Å². The quantitative estimate of drug-likeness (QED) is 0.192. The maximum absolute atomic E-state index is 14.2. The van der Waals surface area contributed by atoms with Crippen LogP contribution >= 0.6 is 0 Å².